The number of hydrogen-bond donors (Lipinski definition) is 3. The molecule has 1 aliphatic rings. The summed E-state index contributed by atoms with van der Waals surface area (Å²) in [5, 5.41) is 21.2. The Labute approximate surface area is 71.2 Å². The molecular weight excluding hydrogens is 153 g/mol. The molecule has 3 N–H and O–H groups in total. The van der Waals surface area contributed by atoms with E-state index in [0.29, 0.717) is 5.46 Å². The summed E-state index contributed by atoms with van der Waals surface area (Å²) in [6, 6.07) is 5.52. The van der Waals surface area contributed by atoms with Crippen molar-refractivity contribution in [3.63, 3.8) is 0 Å². The molecule has 3 nitrogen and oxygen atoms in total. The molecule has 0 saturated carbocycles. The molecule has 2 rings (SSSR count). The highest BCUT2D eigenvalue weighted by atomic mass is 16.4. The molecule has 0 saturated heterocycles. The number of hydrogen-bond acceptors (Lipinski definition) is 3. The van der Waals surface area contributed by atoms with E-state index in [4.69, 9.17) is 10.0 Å². The molecule has 0 amide bonds. The fourth-order valence-electron chi connectivity index (χ4n) is 1.61. The monoisotopic (exact) mass is 163 g/mol. The van der Waals surface area contributed by atoms with Crippen LogP contribution >= 0.6 is 0 Å². The van der Waals surface area contributed by atoms with Crippen molar-refractivity contribution in [2.24, 2.45) is 0 Å². The number of nitrogens with one attached hydrogen (secondary N) is 1. The van der Waals surface area contributed by atoms with Gasteiger partial charge in [-0.15, -0.1) is 0 Å². The first-order chi connectivity index (χ1) is 5.79. The van der Waals surface area contributed by atoms with Crippen LogP contribution in [0.1, 0.15) is 5.56 Å². The largest absolute Gasteiger partial charge is 0.488 e. The van der Waals surface area contributed by atoms with Gasteiger partial charge in [0.05, 0.1) is 0 Å². The molecule has 0 radical (unpaired) electrons. The summed E-state index contributed by atoms with van der Waals surface area (Å²) >= 11 is 0. The number of anilines is 1. The van der Waals surface area contributed by atoms with Crippen LogP contribution in [-0.4, -0.2) is 23.7 Å². The van der Waals surface area contributed by atoms with Crippen molar-refractivity contribution in [3.8, 4) is 0 Å². The molecule has 1 heterocycles. The fraction of sp³-hybridized carbons (Fsp3) is 0.250. The topological polar surface area (TPSA) is 52.5 Å². The van der Waals surface area contributed by atoms with Crippen molar-refractivity contribution < 1.29 is 10.0 Å². The minimum Gasteiger partial charge on any atom is -0.423 e. The van der Waals surface area contributed by atoms with Gasteiger partial charge in [-0.3, -0.25) is 0 Å². The van der Waals surface area contributed by atoms with Crippen molar-refractivity contribution in [1.29, 1.82) is 0 Å². The molecule has 0 aliphatic carbocycles. The second kappa shape index (κ2) is 2.81. The van der Waals surface area contributed by atoms with Gasteiger partial charge in [0.1, 0.15) is 0 Å². The van der Waals surface area contributed by atoms with Gasteiger partial charge in [0.15, 0.2) is 0 Å². The summed E-state index contributed by atoms with van der Waals surface area (Å²) in [6.45, 7) is 0.888. The van der Waals surface area contributed by atoms with E-state index < -0.39 is 7.12 Å². The highest BCUT2D eigenvalue weighted by Crippen LogP contribution is 2.19. The molecule has 0 atom stereocenters. The number of rotatable bonds is 1. The zero-order valence-corrected chi connectivity index (χ0v) is 6.62. The van der Waals surface area contributed by atoms with Crippen LogP contribution in [0.3, 0.4) is 0 Å². The highest BCUT2D eigenvalue weighted by molar-refractivity contribution is 6.59. The van der Waals surface area contributed by atoms with Crippen LogP contribution in [0.5, 0.6) is 0 Å². The second-order valence-electron chi connectivity index (χ2n) is 2.92. The maximum Gasteiger partial charge on any atom is 0.488 e. The summed E-state index contributed by atoms with van der Waals surface area (Å²) in [5.41, 5.74) is 2.69. The van der Waals surface area contributed by atoms with Crippen molar-refractivity contribution in [1.82, 2.24) is 0 Å². The van der Waals surface area contributed by atoms with Crippen LogP contribution in [0.2, 0.25) is 0 Å². The van der Waals surface area contributed by atoms with E-state index in [9.17, 15) is 0 Å². The summed E-state index contributed by atoms with van der Waals surface area (Å²) in [5.74, 6) is 0. The Bertz CT molecular complexity index is 301. The standard InChI is InChI=1S/C8H10BNO2/c11-9(12)7-2-1-3-8-6(7)4-5-10-8/h1-3,10-12H,4-5H2. The van der Waals surface area contributed by atoms with Gasteiger partial charge in [-0.25, -0.2) is 0 Å². The van der Waals surface area contributed by atoms with Crippen molar-refractivity contribution in [3.05, 3.63) is 23.8 Å². The normalized spacial score (nSPS) is 13.8. The van der Waals surface area contributed by atoms with E-state index >= 15 is 0 Å². The fourth-order valence-corrected chi connectivity index (χ4v) is 1.61. The molecule has 1 aromatic rings. The van der Waals surface area contributed by atoms with Crippen LogP contribution in [0.25, 0.3) is 0 Å². The predicted octanol–water partition coefficient (Wildman–Crippen LogP) is -0.666. The van der Waals surface area contributed by atoms with E-state index in [-0.39, 0.29) is 0 Å². The quantitative estimate of drug-likeness (QED) is 0.481. The van der Waals surface area contributed by atoms with E-state index in [0.717, 1.165) is 24.2 Å². The van der Waals surface area contributed by atoms with Crippen LogP contribution in [-0.2, 0) is 6.42 Å². The third-order valence-corrected chi connectivity index (χ3v) is 2.18. The third-order valence-electron chi connectivity index (χ3n) is 2.18. The number of benzene rings is 1. The zero-order chi connectivity index (χ0) is 8.55. The Morgan fingerprint density at radius 1 is 1.33 bits per heavy atom. The Kier molecular flexibility index (Phi) is 1.79. The molecule has 0 bridgehead atoms. The summed E-state index contributed by atoms with van der Waals surface area (Å²) < 4.78 is 0. The molecule has 0 fully saturated rings. The molecular formula is C8H10BNO2. The van der Waals surface area contributed by atoms with E-state index in [1.54, 1.807) is 6.07 Å². The summed E-state index contributed by atoms with van der Waals surface area (Å²) in [4.78, 5) is 0. The van der Waals surface area contributed by atoms with Crippen LogP contribution < -0.4 is 10.8 Å². The zero-order valence-electron chi connectivity index (χ0n) is 6.62. The lowest BCUT2D eigenvalue weighted by atomic mass is 9.76. The van der Waals surface area contributed by atoms with E-state index in [2.05, 4.69) is 5.32 Å². The first-order valence-electron chi connectivity index (χ1n) is 4.01. The Balaban J connectivity index is 2.49. The van der Waals surface area contributed by atoms with Gasteiger partial charge in [0.2, 0.25) is 0 Å². The Morgan fingerprint density at radius 2 is 2.17 bits per heavy atom. The van der Waals surface area contributed by atoms with Gasteiger partial charge in [-0.05, 0) is 23.5 Å². The van der Waals surface area contributed by atoms with E-state index in [1.165, 1.54) is 0 Å². The minimum atomic E-state index is -1.35. The van der Waals surface area contributed by atoms with Gasteiger partial charge in [-0.2, -0.15) is 0 Å². The SMILES string of the molecule is OB(O)c1cccc2c1CCN2. The molecule has 0 aromatic heterocycles. The third kappa shape index (κ3) is 1.09. The van der Waals surface area contributed by atoms with Gasteiger partial charge in [-0.1, -0.05) is 12.1 Å². The Hall–Kier alpha value is -0.995. The lowest BCUT2D eigenvalue weighted by Crippen LogP contribution is -2.32. The van der Waals surface area contributed by atoms with Crippen LogP contribution in [0.4, 0.5) is 5.69 Å². The molecule has 12 heavy (non-hydrogen) atoms. The van der Waals surface area contributed by atoms with Crippen molar-refractivity contribution >= 4 is 18.3 Å². The van der Waals surface area contributed by atoms with Gasteiger partial charge >= 0.3 is 7.12 Å². The predicted molar refractivity (Wildman–Crippen MR) is 48.5 cm³/mol. The smallest absolute Gasteiger partial charge is 0.423 e. The van der Waals surface area contributed by atoms with Crippen molar-refractivity contribution in [2.75, 3.05) is 11.9 Å². The summed E-state index contributed by atoms with van der Waals surface area (Å²) in [7, 11) is -1.35. The maximum atomic E-state index is 9.02. The average molecular weight is 163 g/mol. The lowest BCUT2D eigenvalue weighted by molar-refractivity contribution is 0.425. The lowest BCUT2D eigenvalue weighted by Gasteiger charge is -2.05. The van der Waals surface area contributed by atoms with Gasteiger partial charge < -0.3 is 15.4 Å². The highest BCUT2D eigenvalue weighted by Gasteiger charge is 2.20. The minimum absolute atomic E-state index is 0.623. The molecule has 62 valence electrons. The van der Waals surface area contributed by atoms with Crippen LogP contribution in [0.15, 0.2) is 18.2 Å². The van der Waals surface area contributed by atoms with Gasteiger partial charge in [0.25, 0.3) is 0 Å². The first kappa shape index (κ1) is 7.64. The van der Waals surface area contributed by atoms with Gasteiger partial charge in [0, 0.05) is 12.2 Å². The molecule has 0 spiro atoms. The molecule has 1 aliphatic heterocycles. The second-order valence-corrected chi connectivity index (χ2v) is 2.92. The van der Waals surface area contributed by atoms with Crippen molar-refractivity contribution in [2.45, 2.75) is 6.42 Å². The first-order valence-corrected chi connectivity index (χ1v) is 4.01. The maximum absolute atomic E-state index is 9.02. The molecule has 4 heteroatoms. The average Bonchev–Trinajstić information content (AvgIpc) is 2.49. The van der Waals surface area contributed by atoms with E-state index in [1.807, 2.05) is 12.1 Å². The Morgan fingerprint density at radius 3 is 2.92 bits per heavy atom. The van der Waals surface area contributed by atoms with Crippen LogP contribution in [0, 0.1) is 0 Å². The summed E-state index contributed by atoms with van der Waals surface area (Å²) in [6.07, 6.45) is 0.878. The molecule has 0 unspecified atom stereocenters. The number of fused-ring (bicyclic) bond motifs is 1. The molecule has 1 aromatic carbocycles.